The highest BCUT2D eigenvalue weighted by Crippen LogP contribution is 2.44. The summed E-state index contributed by atoms with van der Waals surface area (Å²) in [7, 11) is -3.34. The number of ether oxygens (including phenoxy) is 1. The fourth-order valence-electron chi connectivity index (χ4n) is 4.09. The van der Waals surface area contributed by atoms with E-state index in [1.165, 1.54) is 10.6 Å². The topological polar surface area (TPSA) is 80.1 Å². The van der Waals surface area contributed by atoms with Crippen molar-refractivity contribution in [3.8, 4) is 0 Å². The first-order valence-electron chi connectivity index (χ1n) is 8.72. The number of hydrogen-bond donors (Lipinski definition) is 0. The Bertz CT molecular complexity index is 703. The van der Waals surface area contributed by atoms with Gasteiger partial charge in [0.1, 0.15) is 5.76 Å². The van der Waals surface area contributed by atoms with Gasteiger partial charge in [0.05, 0.1) is 31.1 Å². The van der Waals surface area contributed by atoms with Crippen LogP contribution in [-0.2, 0) is 26.1 Å². The van der Waals surface area contributed by atoms with Gasteiger partial charge in [-0.05, 0) is 38.4 Å². The lowest BCUT2D eigenvalue weighted by Gasteiger charge is -2.31. The maximum absolute atomic E-state index is 12.8. The molecule has 7 nitrogen and oxygen atoms in total. The van der Waals surface area contributed by atoms with Crippen molar-refractivity contribution in [2.24, 2.45) is 11.3 Å². The van der Waals surface area contributed by atoms with E-state index in [-0.39, 0.29) is 18.4 Å². The molecule has 0 bridgehead atoms. The Morgan fingerprint density at radius 3 is 2.88 bits per heavy atom. The highest BCUT2D eigenvalue weighted by Gasteiger charge is 2.55. The molecule has 1 aromatic rings. The fourth-order valence-corrected chi connectivity index (χ4v) is 5.01. The summed E-state index contributed by atoms with van der Waals surface area (Å²) in [4.78, 5) is 15.0. The van der Waals surface area contributed by atoms with Crippen LogP contribution in [0.5, 0.6) is 0 Å². The van der Waals surface area contributed by atoms with Gasteiger partial charge in [-0.1, -0.05) is 0 Å². The first kappa shape index (κ1) is 18.4. The summed E-state index contributed by atoms with van der Waals surface area (Å²) in [6.45, 7) is 4.87. The van der Waals surface area contributed by atoms with Gasteiger partial charge in [-0.2, -0.15) is 0 Å². The summed E-state index contributed by atoms with van der Waals surface area (Å²) in [5.74, 6) is 0.548. The van der Waals surface area contributed by atoms with E-state index in [2.05, 4.69) is 4.90 Å². The van der Waals surface area contributed by atoms with Crippen molar-refractivity contribution in [3.05, 3.63) is 24.2 Å². The highest BCUT2D eigenvalue weighted by molar-refractivity contribution is 7.88. The molecule has 2 atom stereocenters. The molecular formula is C17H26N2O5S. The molecule has 0 aliphatic carbocycles. The zero-order valence-electron chi connectivity index (χ0n) is 14.8. The first-order chi connectivity index (χ1) is 11.8. The Morgan fingerprint density at radius 2 is 2.24 bits per heavy atom. The summed E-state index contributed by atoms with van der Waals surface area (Å²) in [6.07, 6.45) is 4.33. The van der Waals surface area contributed by atoms with Gasteiger partial charge in [-0.3, -0.25) is 9.69 Å². The van der Waals surface area contributed by atoms with E-state index in [0.717, 1.165) is 18.7 Å². The van der Waals surface area contributed by atoms with Gasteiger partial charge in [-0.15, -0.1) is 0 Å². The third kappa shape index (κ3) is 3.75. The van der Waals surface area contributed by atoms with Crippen molar-refractivity contribution < 1.29 is 22.4 Å². The summed E-state index contributed by atoms with van der Waals surface area (Å²) >= 11 is 0. The Hall–Kier alpha value is -1.38. The van der Waals surface area contributed by atoms with Crippen molar-refractivity contribution in [3.63, 3.8) is 0 Å². The van der Waals surface area contributed by atoms with Crippen LogP contribution in [0.1, 0.15) is 25.5 Å². The van der Waals surface area contributed by atoms with Crippen LogP contribution in [0.15, 0.2) is 22.8 Å². The fraction of sp³-hybridized carbons (Fsp3) is 0.706. The molecule has 1 aromatic heterocycles. The zero-order valence-corrected chi connectivity index (χ0v) is 15.6. The van der Waals surface area contributed by atoms with Crippen LogP contribution in [0.4, 0.5) is 0 Å². The van der Waals surface area contributed by atoms with E-state index in [1.807, 2.05) is 12.1 Å². The number of hydrogen-bond acceptors (Lipinski definition) is 6. The number of nitrogens with zero attached hydrogens (tertiary/aromatic N) is 2. The number of rotatable bonds is 5. The Balaban J connectivity index is 1.84. The summed E-state index contributed by atoms with van der Waals surface area (Å²) < 4.78 is 36.4. The van der Waals surface area contributed by atoms with Gasteiger partial charge >= 0.3 is 5.97 Å². The average molecular weight is 370 g/mol. The smallest absolute Gasteiger partial charge is 0.313 e. The summed E-state index contributed by atoms with van der Waals surface area (Å²) in [5, 5.41) is 0. The number of fused-ring (bicyclic) bond motifs is 1. The zero-order chi connectivity index (χ0) is 18.1. The average Bonchev–Trinajstić information content (AvgIpc) is 3.13. The number of carbonyl (C=O) groups excluding carboxylic acids is 1. The van der Waals surface area contributed by atoms with E-state index in [0.29, 0.717) is 32.7 Å². The lowest BCUT2D eigenvalue weighted by molar-refractivity contribution is -0.157. The minimum absolute atomic E-state index is 0.0706. The maximum atomic E-state index is 12.8. The second-order valence-corrected chi connectivity index (χ2v) is 9.03. The Kier molecular flexibility index (Phi) is 5.22. The van der Waals surface area contributed by atoms with Crippen molar-refractivity contribution in [1.29, 1.82) is 0 Å². The van der Waals surface area contributed by atoms with Crippen molar-refractivity contribution in [2.45, 2.75) is 26.3 Å². The van der Waals surface area contributed by atoms with Gasteiger partial charge in [0.2, 0.25) is 10.0 Å². The number of sulfonamides is 1. The van der Waals surface area contributed by atoms with Crippen LogP contribution in [-0.4, -0.2) is 62.6 Å². The molecule has 140 valence electrons. The minimum atomic E-state index is -3.34. The number of esters is 1. The molecule has 2 aliphatic rings. The van der Waals surface area contributed by atoms with Crippen LogP contribution in [0, 0.1) is 11.3 Å². The second-order valence-electron chi connectivity index (χ2n) is 7.05. The molecule has 0 saturated carbocycles. The summed E-state index contributed by atoms with van der Waals surface area (Å²) in [5.41, 5.74) is -0.739. The predicted octanol–water partition coefficient (Wildman–Crippen LogP) is 1.32. The molecule has 0 N–H and O–H groups in total. The molecule has 0 spiro atoms. The van der Waals surface area contributed by atoms with Crippen LogP contribution in [0.25, 0.3) is 0 Å². The number of carbonyl (C=O) groups is 1. The van der Waals surface area contributed by atoms with E-state index in [9.17, 15) is 13.2 Å². The molecule has 2 saturated heterocycles. The SMILES string of the molecule is CCOC(=O)[C@]12CCCN(Cc3ccco3)C[C@H]1CN(S(C)(=O)=O)C2. The molecule has 0 aromatic carbocycles. The molecular weight excluding hydrogens is 344 g/mol. The van der Waals surface area contributed by atoms with E-state index < -0.39 is 15.4 Å². The number of furan rings is 1. The Morgan fingerprint density at radius 1 is 1.44 bits per heavy atom. The largest absolute Gasteiger partial charge is 0.468 e. The normalized spacial score (nSPS) is 28.5. The van der Waals surface area contributed by atoms with Crippen molar-refractivity contribution >= 4 is 16.0 Å². The van der Waals surface area contributed by atoms with Crippen LogP contribution in [0.2, 0.25) is 0 Å². The third-order valence-electron chi connectivity index (χ3n) is 5.35. The quantitative estimate of drug-likeness (QED) is 0.727. The molecule has 3 heterocycles. The van der Waals surface area contributed by atoms with E-state index >= 15 is 0 Å². The van der Waals surface area contributed by atoms with Crippen molar-refractivity contribution in [2.75, 3.05) is 39.0 Å². The van der Waals surface area contributed by atoms with Crippen molar-refractivity contribution in [1.82, 2.24) is 9.21 Å². The van der Waals surface area contributed by atoms with Gasteiger partial charge in [0.15, 0.2) is 0 Å². The van der Waals surface area contributed by atoms with Crippen LogP contribution >= 0.6 is 0 Å². The van der Waals surface area contributed by atoms with Crippen LogP contribution < -0.4 is 0 Å². The minimum Gasteiger partial charge on any atom is -0.468 e. The third-order valence-corrected chi connectivity index (χ3v) is 6.57. The van der Waals surface area contributed by atoms with Gasteiger partial charge < -0.3 is 9.15 Å². The highest BCUT2D eigenvalue weighted by atomic mass is 32.2. The number of likely N-dealkylation sites (tertiary alicyclic amines) is 1. The maximum Gasteiger partial charge on any atom is 0.313 e. The van der Waals surface area contributed by atoms with Gasteiger partial charge in [0, 0.05) is 25.6 Å². The standard InChI is InChI=1S/C17H26N2O5S/c1-3-23-16(20)17-7-5-8-18(12-15-6-4-9-24-15)10-14(17)11-19(13-17)25(2,21)22/h4,6,9,14H,3,5,7-8,10-13H2,1-2H3/t14-,17-/m0/s1. The molecule has 3 rings (SSSR count). The molecule has 0 unspecified atom stereocenters. The lowest BCUT2D eigenvalue weighted by atomic mass is 9.75. The molecule has 0 amide bonds. The second kappa shape index (κ2) is 7.09. The van der Waals surface area contributed by atoms with Crippen LogP contribution in [0.3, 0.4) is 0 Å². The first-order valence-corrected chi connectivity index (χ1v) is 10.6. The monoisotopic (exact) mass is 370 g/mol. The van der Waals surface area contributed by atoms with E-state index in [1.54, 1.807) is 13.2 Å². The predicted molar refractivity (Wildman–Crippen MR) is 92.2 cm³/mol. The lowest BCUT2D eigenvalue weighted by Crippen LogP contribution is -2.42. The Labute approximate surface area is 149 Å². The molecule has 0 radical (unpaired) electrons. The van der Waals surface area contributed by atoms with Gasteiger partial charge in [0.25, 0.3) is 0 Å². The van der Waals surface area contributed by atoms with Gasteiger partial charge in [-0.25, -0.2) is 12.7 Å². The molecule has 2 fully saturated rings. The molecule has 25 heavy (non-hydrogen) atoms. The van der Waals surface area contributed by atoms with E-state index in [4.69, 9.17) is 9.15 Å². The molecule has 2 aliphatic heterocycles. The summed E-state index contributed by atoms with van der Waals surface area (Å²) in [6, 6.07) is 3.79. The molecule has 8 heteroatoms.